The maximum atomic E-state index is 13.1. The summed E-state index contributed by atoms with van der Waals surface area (Å²) in [5, 5.41) is 0. The maximum absolute atomic E-state index is 13.1. The van der Waals surface area contributed by atoms with Gasteiger partial charge < -0.3 is 5.73 Å². The van der Waals surface area contributed by atoms with Crippen molar-refractivity contribution in [3.63, 3.8) is 0 Å². The van der Waals surface area contributed by atoms with E-state index in [1.165, 1.54) is 6.20 Å². The van der Waals surface area contributed by atoms with Crippen molar-refractivity contribution in [3.8, 4) is 0 Å². The van der Waals surface area contributed by atoms with Crippen molar-refractivity contribution in [2.24, 2.45) is 5.73 Å². The second kappa shape index (κ2) is 9.20. The molecular formula is C22H24F3N2O2S2+. The average Bonchev–Trinajstić information content (AvgIpc) is 2.73. The normalized spacial score (nSPS) is 19.3. The molecule has 1 unspecified atom stereocenters. The highest BCUT2D eigenvalue weighted by Gasteiger charge is 2.50. The van der Waals surface area contributed by atoms with Gasteiger partial charge >= 0.3 is 16.2 Å². The number of nitrogens with two attached hydrogens (primary N) is 1. The van der Waals surface area contributed by atoms with Crippen LogP contribution < -0.4 is 9.62 Å². The Balaban J connectivity index is 2.01. The van der Waals surface area contributed by atoms with Crippen molar-refractivity contribution < 1.29 is 21.6 Å². The van der Waals surface area contributed by atoms with Crippen LogP contribution in [0.15, 0.2) is 77.4 Å². The highest BCUT2D eigenvalue weighted by atomic mass is 32.2. The molecule has 2 N–H and O–H groups in total. The molecule has 166 valence electrons. The van der Waals surface area contributed by atoms with Crippen molar-refractivity contribution in [1.82, 2.24) is 3.89 Å². The first kappa shape index (κ1) is 23.6. The zero-order valence-corrected chi connectivity index (χ0v) is 18.6. The first-order valence-electron chi connectivity index (χ1n) is 9.57. The number of benzene rings is 2. The second-order valence-electron chi connectivity index (χ2n) is 7.29. The first-order valence-corrected chi connectivity index (χ1v) is 12.4. The SMILES string of the molecule is CSc1ccccc1Cc1ccc([N+]2(S(=O)(=O)CC(F)(F)F)C=C(CN)C=CC2)cc1. The van der Waals surface area contributed by atoms with Gasteiger partial charge in [0, 0.05) is 29.1 Å². The van der Waals surface area contributed by atoms with Gasteiger partial charge in [-0.1, -0.05) is 36.4 Å². The van der Waals surface area contributed by atoms with Gasteiger partial charge in [0.1, 0.15) is 12.7 Å². The van der Waals surface area contributed by atoms with Gasteiger partial charge in [0.15, 0.2) is 11.4 Å². The van der Waals surface area contributed by atoms with Crippen molar-refractivity contribution in [2.45, 2.75) is 17.5 Å². The van der Waals surface area contributed by atoms with Crippen LogP contribution in [0.3, 0.4) is 0 Å². The van der Waals surface area contributed by atoms with Crippen LogP contribution in [0, 0.1) is 0 Å². The summed E-state index contributed by atoms with van der Waals surface area (Å²) in [7, 11) is -4.66. The fourth-order valence-corrected chi connectivity index (χ4v) is 5.95. The zero-order chi connectivity index (χ0) is 22.7. The monoisotopic (exact) mass is 469 g/mol. The minimum absolute atomic E-state index is 0.0294. The van der Waals surface area contributed by atoms with Crippen LogP contribution in [0.4, 0.5) is 18.9 Å². The summed E-state index contributed by atoms with van der Waals surface area (Å²) in [6, 6.07) is 14.7. The fourth-order valence-electron chi connectivity index (χ4n) is 3.64. The van der Waals surface area contributed by atoms with Crippen LogP contribution in [-0.2, 0) is 16.4 Å². The molecule has 0 bridgehead atoms. The number of hydrogen-bond acceptors (Lipinski definition) is 4. The third kappa shape index (κ3) is 5.23. The average molecular weight is 470 g/mol. The Morgan fingerprint density at radius 2 is 1.77 bits per heavy atom. The van der Waals surface area contributed by atoms with Crippen molar-refractivity contribution >= 4 is 27.5 Å². The highest BCUT2D eigenvalue weighted by molar-refractivity contribution is 7.98. The summed E-state index contributed by atoms with van der Waals surface area (Å²) < 4.78 is 64.3. The minimum Gasteiger partial charge on any atom is -0.326 e. The predicted octanol–water partition coefficient (Wildman–Crippen LogP) is 4.61. The third-order valence-corrected chi connectivity index (χ3v) is 8.11. The topological polar surface area (TPSA) is 60.2 Å². The number of alkyl halides is 3. The molecule has 1 heterocycles. The van der Waals surface area contributed by atoms with E-state index >= 15 is 0 Å². The predicted molar refractivity (Wildman–Crippen MR) is 120 cm³/mol. The van der Waals surface area contributed by atoms with E-state index in [1.54, 1.807) is 48.2 Å². The fraction of sp³-hybridized carbons (Fsp3) is 0.273. The minimum atomic E-state index is -4.84. The van der Waals surface area contributed by atoms with E-state index in [0.717, 1.165) is 16.0 Å². The smallest absolute Gasteiger partial charge is 0.326 e. The van der Waals surface area contributed by atoms with Gasteiger partial charge in [-0.25, -0.2) is 0 Å². The Hall–Kier alpha value is -2.07. The first-order chi connectivity index (χ1) is 14.6. The van der Waals surface area contributed by atoms with Gasteiger partial charge in [0.25, 0.3) is 0 Å². The molecule has 31 heavy (non-hydrogen) atoms. The summed E-state index contributed by atoms with van der Waals surface area (Å²) in [5.74, 6) is -1.91. The van der Waals surface area contributed by atoms with E-state index in [2.05, 4.69) is 0 Å². The van der Waals surface area contributed by atoms with Crippen molar-refractivity contribution in [2.75, 3.05) is 25.1 Å². The maximum Gasteiger partial charge on any atom is 0.408 e. The Morgan fingerprint density at radius 1 is 1.10 bits per heavy atom. The van der Waals surface area contributed by atoms with Crippen LogP contribution >= 0.6 is 11.8 Å². The molecule has 0 saturated heterocycles. The molecular weight excluding hydrogens is 445 g/mol. The number of thioether (sulfide) groups is 1. The van der Waals surface area contributed by atoms with Gasteiger partial charge in [0.05, 0.1) is 0 Å². The van der Waals surface area contributed by atoms with Gasteiger partial charge in [-0.05, 0) is 35.9 Å². The summed E-state index contributed by atoms with van der Waals surface area (Å²) >= 11 is 1.64. The van der Waals surface area contributed by atoms with Crippen LogP contribution in [-0.4, -0.2) is 39.7 Å². The van der Waals surface area contributed by atoms with Crippen LogP contribution in [0.2, 0.25) is 0 Å². The quantitative estimate of drug-likeness (QED) is 0.475. The molecule has 4 nitrogen and oxygen atoms in total. The molecule has 0 radical (unpaired) electrons. The molecule has 0 saturated carbocycles. The van der Waals surface area contributed by atoms with Gasteiger partial charge in [0.2, 0.25) is 0 Å². The molecule has 1 atom stereocenters. The number of rotatable bonds is 7. The lowest BCUT2D eigenvalue weighted by atomic mass is 10.0. The molecule has 1 aliphatic rings. The lowest BCUT2D eigenvalue weighted by Gasteiger charge is -2.34. The summed E-state index contributed by atoms with van der Waals surface area (Å²) in [6.45, 7) is -0.0990. The number of hydrogen-bond donors (Lipinski definition) is 1. The number of quaternary nitrogens is 1. The van der Waals surface area contributed by atoms with Crippen LogP contribution in [0.5, 0.6) is 0 Å². The zero-order valence-electron chi connectivity index (χ0n) is 17.0. The number of sulfonamides is 1. The van der Waals surface area contributed by atoms with Crippen LogP contribution in [0.25, 0.3) is 0 Å². The van der Waals surface area contributed by atoms with Crippen molar-refractivity contribution in [3.05, 3.63) is 83.6 Å². The third-order valence-electron chi connectivity index (χ3n) is 5.12. The van der Waals surface area contributed by atoms with E-state index in [9.17, 15) is 21.6 Å². The number of nitrogens with zero attached hydrogens (tertiary/aromatic N) is 1. The van der Waals surface area contributed by atoms with Gasteiger partial charge in [-0.2, -0.15) is 25.5 Å². The van der Waals surface area contributed by atoms with E-state index < -0.39 is 25.8 Å². The molecule has 1 aliphatic heterocycles. The van der Waals surface area contributed by atoms with E-state index in [1.807, 2.05) is 30.5 Å². The van der Waals surface area contributed by atoms with Crippen LogP contribution in [0.1, 0.15) is 11.1 Å². The second-order valence-corrected chi connectivity index (χ2v) is 10.2. The largest absolute Gasteiger partial charge is 0.408 e. The number of halogens is 3. The van der Waals surface area contributed by atoms with Gasteiger partial charge in [-0.3, -0.25) is 0 Å². The highest BCUT2D eigenvalue weighted by Crippen LogP contribution is 2.35. The lowest BCUT2D eigenvalue weighted by molar-refractivity contribution is -0.106. The van der Waals surface area contributed by atoms with E-state index in [-0.39, 0.29) is 18.8 Å². The van der Waals surface area contributed by atoms with E-state index in [4.69, 9.17) is 5.73 Å². The summed E-state index contributed by atoms with van der Waals surface area (Å²) in [6.07, 6.45) is 2.30. The Labute approximate surface area is 184 Å². The molecule has 0 amide bonds. The Kier molecular flexibility index (Phi) is 7.00. The molecule has 2 aromatic carbocycles. The Morgan fingerprint density at radius 3 is 2.39 bits per heavy atom. The summed E-state index contributed by atoms with van der Waals surface area (Å²) in [5.41, 5.74) is 8.45. The van der Waals surface area contributed by atoms with E-state index in [0.29, 0.717) is 12.0 Å². The molecule has 0 aliphatic carbocycles. The Bertz CT molecular complexity index is 1090. The van der Waals surface area contributed by atoms with Gasteiger partial charge in [-0.15, -0.1) is 11.8 Å². The lowest BCUT2D eigenvalue weighted by Crippen LogP contribution is -2.54. The molecule has 2 aromatic rings. The summed E-state index contributed by atoms with van der Waals surface area (Å²) in [4.78, 5) is 1.14. The molecule has 0 fully saturated rings. The molecule has 3 rings (SSSR count). The molecule has 9 heteroatoms. The molecule has 0 aromatic heterocycles. The standard InChI is InChI=1S/C22H24F3N2O2S2/c1-30-21-7-3-2-6-19(21)13-17-8-10-20(11-9-17)27(12-4-5-18(14-26)15-27)31(28,29)16-22(23,24)25/h2-11,15H,12-14,16,26H2,1H3/q+1. The van der Waals surface area contributed by atoms with Crippen molar-refractivity contribution in [1.29, 1.82) is 0 Å². The molecule has 0 spiro atoms.